The molecule has 0 atom stereocenters. The second-order valence-electron chi connectivity index (χ2n) is 6.79. The third kappa shape index (κ3) is 6.37. The standard InChI is InChI=1S/C13H22N8.C7H5FO2/c1-9-4-5-21(13(14)19-20(3)15)8-10(9)11-6-18-12(16-2)7-17-11;8-6-2-1-3-7(10)5(6)4-9/h6-7H,4-5,8,15H2,1-3H3,(H2,14,19)(H,16,18);1-4,10H. The lowest BCUT2D eigenvalue weighted by atomic mass is 9.99. The molecular formula is C20H27FN8O2. The van der Waals surface area contributed by atoms with Gasteiger partial charge in [0.25, 0.3) is 0 Å². The molecular weight excluding hydrogens is 403 g/mol. The molecule has 1 aromatic heterocycles. The number of nitrogens with two attached hydrogens (primary N) is 2. The van der Waals surface area contributed by atoms with Gasteiger partial charge in [-0.2, -0.15) is 0 Å². The van der Waals surface area contributed by atoms with E-state index in [-0.39, 0.29) is 17.6 Å². The number of anilines is 1. The van der Waals surface area contributed by atoms with Crippen molar-refractivity contribution < 1.29 is 14.3 Å². The summed E-state index contributed by atoms with van der Waals surface area (Å²) in [6.07, 6.45) is 4.69. The largest absolute Gasteiger partial charge is 0.507 e. The topological polar surface area (TPSA) is 146 Å². The first kappa shape index (κ1) is 23.5. The van der Waals surface area contributed by atoms with Gasteiger partial charge in [-0.15, -0.1) is 5.10 Å². The van der Waals surface area contributed by atoms with Crippen molar-refractivity contribution in [3.05, 3.63) is 53.2 Å². The number of hydrogen-bond donors (Lipinski definition) is 4. The maximum Gasteiger partial charge on any atom is 0.215 e. The van der Waals surface area contributed by atoms with Gasteiger partial charge in [0, 0.05) is 27.2 Å². The Kier molecular flexibility index (Phi) is 8.26. The quantitative estimate of drug-likeness (QED) is 0.186. The van der Waals surface area contributed by atoms with Crippen LogP contribution in [0.15, 0.2) is 41.3 Å². The molecule has 1 aliphatic heterocycles. The average Bonchev–Trinajstić information content (AvgIpc) is 2.74. The van der Waals surface area contributed by atoms with Crippen molar-refractivity contribution in [2.45, 2.75) is 13.3 Å². The van der Waals surface area contributed by atoms with Crippen molar-refractivity contribution in [2.24, 2.45) is 16.7 Å². The Morgan fingerprint density at radius 2 is 2.13 bits per heavy atom. The lowest BCUT2D eigenvalue weighted by molar-refractivity contribution is 0.111. The second kappa shape index (κ2) is 10.9. The highest BCUT2D eigenvalue weighted by molar-refractivity contribution is 5.81. The minimum Gasteiger partial charge on any atom is -0.507 e. The zero-order valence-electron chi connectivity index (χ0n) is 17.7. The Hall–Kier alpha value is -3.73. The summed E-state index contributed by atoms with van der Waals surface area (Å²) in [6.45, 7) is 3.59. The average molecular weight is 430 g/mol. The van der Waals surface area contributed by atoms with Crippen molar-refractivity contribution in [3.8, 4) is 5.75 Å². The highest BCUT2D eigenvalue weighted by Crippen LogP contribution is 2.25. The first-order valence-corrected chi connectivity index (χ1v) is 9.45. The van der Waals surface area contributed by atoms with E-state index in [1.54, 1.807) is 19.4 Å². The van der Waals surface area contributed by atoms with Gasteiger partial charge in [-0.1, -0.05) is 11.6 Å². The normalized spacial score (nSPS) is 14.0. The number of halogens is 1. The lowest BCUT2D eigenvalue weighted by Gasteiger charge is -2.30. The van der Waals surface area contributed by atoms with Gasteiger partial charge in [-0.05, 0) is 31.1 Å². The van der Waals surface area contributed by atoms with E-state index in [1.807, 2.05) is 11.9 Å². The smallest absolute Gasteiger partial charge is 0.215 e. The molecule has 166 valence electrons. The van der Waals surface area contributed by atoms with E-state index in [9.17, 15) is 9.18 Å². The molecule has 10 nitrogen and oxygen atoms in total. The SMILES string of the molecule is CNc1cnc(C2=C(C)CCN(/C(N)=N/N(C)N)C2)cn1.O=Cc1c(O)cccc1F. The number of hydrogen-bond acceptors (Lipinski definition) is 8. The third-order valence-electron chi connectivity index (χ3n) is 4.57. The molecule has 0 aliphatic carbocycles. The molecule has 3 rings (SSSR count). The Morgan fingerprint density at radius 1 is 1.39 bits per heavy atom. The van der Waals surface area contributed by atoms with E-state index in [0.717, 1.165) is 36.1 Å². The van der Waals surface area contributed by atoms with Crippen molar-refractivity contribution in [2.75, 3.05) is 32.5 Å². The van der Waals surface area contributed by atoms with Gasteiger partial charge in [0.05, 0.1) is 23.7 Å². The molecule has 0 fully saturated rings. The molecule has 0 bridgehead atoms. The number of phenols is 1. The molecule has 1 aliphatic rings. The van der Waals surface area contributed by atoms with Crippen LogP contribution in [0.3, 0.4) is 0 Å². The van der Waals surface area contributed by atoms with E-state index in [2.05, 4.69) is 27.3 Å². The number of carbonyl (C=O) groups excluding carboxylic acids is 1. The van der Waals surface area contributed by atoms with Gasteiger partial charge in [-0.3, -0.25) is 9.78 Å². The van der Waals surface area contributed by atoms with Gasteiger partial charge in [-0.25, -0.2) is 20.3 Å². The van der Waals surface area contributed by atoms with Crippen LogP contribution in [0.1, 0.15) is 29.4 Å². The van der Waals surface area contributed by atoms with E-state index in [4.69, 9.17) is 16.7 Å². The van der Waals surface area contributed by atoms with Crippen LogP contribution in [0, 0.1) is 5.82 Å². The number of hydrazone groups is 1. The summed E-state index contributed by atoms with van der Waals surface area (Å²) in [6, 6.07) is 3.70. The summed E-state index contributed by atoms with van der Waals surface area (Å²) in [7, 11) is 3.46. The molecule has 0 saturated heterocycles. The van der Waals surface area contributed by atoms with E-state index in [0.29, 0.717) is 12.5 Å². The fourth-order valence-corrected chi connectivity index (χ4v) is 2.83. The van der Waals surface area contributed by atoms with Crippen LogP contribution in [-0.4, -0.2) is 64.5 Å². The molecule has 31 heavy (non-hydrogen) atoms. The Balaban J connectivity index is 0.000000285. The third-order valence-corrected chi connectivity index (χ3v) is 4.57. The lowest BCUT2D eigenvalue weighted by Crippen LogP contribution is -2.43. The van der Waals surface area contributed by atoms with Crippen molar-refractivity contribution >= 4 is 23.6 Å². The predicted octanol–water partition coefficient (Wildman–Crippen LogP) is 1.38. The van der Waals surface area contributed by atoms with Crippen LogP contribution in [0.2, 0.25) is 0 Å². The van der Waals surface area contributed by atoms with Gasteiger partial charge in [0.2, 0.25) is 5.96 Å². The number of aldehydes is 1. The minimum atomic E-state index is -0.699. The number of hydrazine groups is 1. The summed E-state index contributed by atoms with van der Waals surface area (Å²) < 4.78 is 12.5. The Bertz CT molecular complexity index is 940. The monoisotopic (exact) mass is 430 g/mol. The van der Waals surface area contributed by atoms with Crippen LogP contribution < -0.4 is 16.9 Å². The fraction of sp³-hybridized carbons (Fsp3) is 0.300. The van der Waals surface area contributed by atoms with Crippen molar-refractivity contribution in [1.29, 1.82) is 0 Å². The molecule has 0 unspecified atom stereocenters. The van der Waals surface area contributed by atoms with Gasteiger partial charge < -0.3 is 21.1 Å². The van der Waals surface area contributed by atoms with Crippen LogP contribution in [0.4, 0.5) is 10.2 Å². The van der Waals surface area contributed by atoms with Crippen LogP contribution in [0.5, 0.6) is 5.75 Å². The maximum absolute atomic E-state index is 12.5. The first-order valence-electron chi connectivity index (χ1n) is 9.45. The molecule has 0 radical (unpaired) electrons. The molecule has 0 amide bonds. The zero-order chi connectivity index (χ0) is 23.0. The molecule has 2 heterocycles. The molecule has 11 heteroatoms. The van der Waals surface area contributed by atoms with Gasteiger partial charge in [0.15, 0.2) is 6.29 Å². The number of rotatable bonds is 4. The number of nitrogens with zero attached hydrogens (tertiary/aromatic N) is 5. The van der Waals surface area contributed by atoms with Crippen molar-refractivity contribution in [1.82, 2.24) is 20.0 Å². The van der Waals surface area contributed by atoms with E-state index in [1.165, 1.54) is 22.8 Å². The zero-order valence-corrected chi connectivity index (χ0v) is 17.7. The van der Waals surface area contributed by atoms with Crippen molar-refractivity contribution in [3.63, 3.8) is 0 Å². The summed E-state index contributed by atoms with van der Waals surface area (Å²) in [5.41, 5.74) is 8.97. The molecule has 1 aromatic carbocycles. The molecule has 2 aromatic rings. The van der Waals surface area contributed by atoms with Crippen LogP contribution in [-0.2, 0) is 0 Å². The predicted molar refractivity (Wildman–Crippen MR) is 117 cm³/mol. The van der Waals surface area contributed by atoms with Gasteiger partial charge in [0.1, 0.15) is 17.4 Å². The number of benzene rings is 1. The summed E-state index contributed by atoms with van der Waals surface area (Å²) in [4.78, 5) is 20.8. The number of guanidine groups is 1. The summed E-state index contributed by atoms with van der Waals surface area (Å²) >= 11 is 0. The highest BCUT2D eigenvalue weighted by Gasteiger charge is 2.20. The van der Waals surface area contributed by atoms with E-state index < -0.39 is 5.82 Å². The fourth-order valence-electron chi connectivity index (χ4n) is 2.83. The summed E-state index contributed by atoms with van der Waals surface area (Å²) in [5.74, 6) is 5.63. The van der Waals surface area contributed by atoms with Gasteiger partial charge >= 0.3 is 0 Å². The number of aromatic hydroxyl groups is 1. The number of carbonyl (C=O) groups is 1. The minimum absolute atomic E-state index is 0.282. The number of phenolic OH excluding ortho intramolecular Hbond substituents is 1. The number of nitrogens with one attached hydrogen (secondary N) is 1. The molecule has 6 N–H and O–H groups in total. The molecule has 0 spiro atoms. The molecule has 0 saturated carbocycles. The number of aromatic nitrogens is 2. The maximum atomic E-state index is 12.5. The highest BCUT2D eigenvalue weighted by atomic mass is 19.1. The van der Waals surface area contributed by atoms with E-state index >= 15 is 0 Å². The van der Waals surface area contributed by atoms with Crippen LogP contribution in [0.25, 0.3) is 5.57 Å². The first-order chi connectivity index (χ1) is 14.8. The Morgan fingerprint density at radius 3 is 2.65 bits per heavy atom. The Labute approximate surface area is 180 Å². The van der Waals surface area contributed by atoms with Crippen LogP contribution >= 0.6 is 0 Å². The second-order valence-corrected chi connectivity index (χ2v) is 6.79. The summed E-state index contributed by atoms with van der Waals surface area (Å²) in [5, 5.41) is 17.0.